The van der Waals surface area contributed by atoms with Crippen molar-refractivity contribution in [3.63, 3.8) is 0 Å². The van der Waals surface area contributed by atoms with Gasteiger partial charge in [-0.3, -0.25) is 4.79 Å². The average molecular weight is 291 g/mol. The first-order valence-electron chi connectivity index (χ1n) is 6.67. The van der Waals surface area contributed by atoms with Crippen LogP contribution in [0.4, 0.5) is 5.69 Å². The van der Waals surface area contributed by atoms with E-state index in [1.165, 1.54) is 0 Å². The molecule has 1 aromatic heterocycles. The second-order valence-electron chi connectivity index (χ2n) is 4.74. The number of carbonyl (C=O) groups is 1. The molecule has 0 radical (unpaired) electrons. The Labute approximate surface area is 127 Å². The summed E-state index contributed by atoms with van der Waals surface area (Å²) in [7, 11) is 1.60. The highest BCUT2D eigenvalue weighted by Crippen LogP contribution is 2.32. The molecule has 0 atom stereocenters. The third-order valence-electron chi connectivity index (χ3n) is 3.49. The van der Waals surface area contributed by atoms with Crippen molar-refractivity contribution >= 4 is 23.0 Å². The largest absolute Gasteiger partial charge is 0.497 e. The lowest BCUT2D eigenvalue weighted by atomic mass is 10.1. The zero-order chi connectivity index (χ0) is 15.5. The minimum Gasteiger partial charge on any atom is -0.497 e. The Morgan fingerprint density at radius 1 is 1.27 bits per heavy atom. The first-order valence-corrected chi connectivity index (χ1v) is 6.67. The summed E-state index contributed by atoms with van der Waals surface area (Å²) >= 11 is 0. The molecule has 0 spiro atoms. The number of nitrogens with one attached hydrogen (secondary N) is 2. The van der Waals surface area contributed by atoms with Gasteiger partial charge >= 0.3 is 0 Å². The van der Waals surface area contributed by atoms with Gasteiger partial charge in [-0.2, -0.15) is 5.26 Å². The van der Waals surface area contributed by atoms with Crippen LogP contribution in [0.25, 0.3) is 22.2 Å². The first-order chi connectivity index (χ1) is 10.8. The Morgan fingerprint density at radius 3 is 2.86 bits per heavy atom. The number of anilines is 1. The standard InChI is InChI=1S/C17H13N3O2/c1-22-13-5-6-14-15(9-18)17(20-16(14)8-13)11-3-2-4-12(7-11)19-10-21/h2-8,10,20H,1H3,(H,19,21). The molecular weight excluding hydrogens is 278 g/mol. The van der Waals surface area contributed by atoms with Crippen LogP contribution in [0.3, 0.4) is 0 Å². The van der Waals surface area contributed by atoms with E-state index in [0.717, 1.165) is 27.9 Å². The number of hydrogen-bond acceptors (Lipinski definition) is 3. The number of aromatic amines is 1. The van der Waals surface area contributed by atoms with Gasteiger partial charge in [-0.25, -0.2) is 0 Å². The topological polar surface area (TPSA) is 77.9 Å². The number of H-pyrrole nitrogens is 1. The Bertz CT molecular complexity index is 891. The molecule has 3 aromatic rings. The lowest BCUT2D eigenvalue weighted by Gasteiger charge is -2.03. The summed E-state index contributed by atoms with van der Waals surface area (Å²) in [5, 5.41) is 12.9. The number of nitrogens with zero attached hydrogens (tertiary/aromatic N) is 1. The maximum Gasteiger partial charge on any atom is 0.211 e. The second-order valence-corrected chi connectivity index (χ2v) is 4.74. The molecule has 2 aromatic carbocycles. The van der Waals surface area contributed by atoms with Gasteiger partial charge in [0.15, 0.2) is 0 Å². The van der Waals surface area contributed by atoms with E-state index < -0.39 is 0 Å². The van der Waals surface area contributed by atoms with E-state index in [1.807, 2.05) is 36.4 Å². The summed E-state index contributed by atoms with van der Waals surface area (Å²) in [6.07, 6.45) is 0.625. The third kappa shape index (κ3) is 2.27. The maximum atomic E-state index is 10.6. The van der Waals surface area contributed by atoms with Crippen molar-refractivity contribution < 1.29 is 9.53 Å². The van der Waals surface area contributed by atoms with Crippen LogP contribution < -0.4 is 10.1 Å². The Kier molecular flexibility index (Phi) is 3.50. The fourth-order valence-corrected chi connectivity index (χ4v) is 2.47. The van der Waals surface area contributed by atoms with Crippen molar-refractivity contribution in [3.05, 3.63) is 48.0 Å². The van der Waals surface area contributed by atoms with Crippen LogP contribution >= 0.6 is 0 Å². The van der Waals surface area contributed by atoms with Crippen LogP contribution in [-0.4, -0.2) is 18.5 Å². The van der Waals surface area contributed by atoms with Gasteiger partial charge in [0.25, 0.3) is 0 Å². The van der Waals surface area contributed by atoms with E-state index in [1.54, 1.807) is 13.2 Å². The van der Waals surface area contributed by atoms with Gasteiger partial charge in [0.2, 0.25) is 6.41 Å². The number of carbonyl (C=O) groups excluding carboxylic acids is 1. The van der Waals surface area contributed by atoms with Crippen molar-refractivity contribution in [2.75, 3.05) is 12.4 Å². The van der Waals surface area contributed by atoms with E-state index in [-0.39, 0.29) is 0 Å². The predicted molar refractivity (Wildman–Crippen MR) is 84.7 cm³/mol. The minimum absolute atomic E-state index is 0.570. The Balaban J connectivity index is 2.20. The molecular formula is C17H13N3O2. The molecule has 0 aliphatic heterocycles. The van der Waals surface area contributed by atoms with Crippen molar-refractivity contribution in [2.24, 2.45) is 0 Å². The molecule has 2 N–H and O–H groups in total. The number of benzene rings is 2. The van der Waals surface area contributed by atoms with E-state index in [0.29, 0.717) is 17.7 Å². The van der Waals surface area contributed by atoms with Crippen LogP contribution in [0.5, 0.6) is 5.75 Å². The molecule has 0 saturated heterocycles. The van der Waals surface area contributed by atoms with E-state index in [4.69, 9.17) is 4.74 Å². The zero-order valence-electron chi connectivity index (χ0n) is 11.9. The van der Waals surface area contributed by atoms with Gasteiger partial charge < -0.3 is 15.0 Å². The molecule has 0 unspecified atom stereocenters. The first kappa shape index (κ1) is 13.7. The summed E-state index contributed by atoms with van der Waals surface area (Å²) in [5.74, 6) is 0.723. The highest BCUT2D eigenvalue weighted by atomic mass is 16.5. The molecule has 1 heterocycles. The van der Waals surface area contributed by atoms with Crippen LogP contribution in [0.1, 0.15) is 5.56 Å². The molecule has 0 saturated carbocycles. The van der Waals surface area contributed by atoms with Crippen molar-refractivity contribution in [2.45, 2.75) is 0 Å². The van der Waals surface area contributed by atoms with Crippen LogP contribution in [0.2, 0.25) is 0 Å². The number of amides is 1. The second kappa shape index (κ2) is 5.62. The molecule has 0 aliphatic rings. The number of nitriles is 1. The SMILES string of the molecule is COc1ccc2c(C#N)c(-c3cccc(NC=O)c3)[nH]c2c1. The highest BCUT2D eigenvalue weighted by molar-refractivity contribution is 5.94. The minimum atomic E-state index is 0.570. The maximum absolute atomic E-state index is 10.6. The van der Waals surface area contributed by atoms with Crippen LogP contribution in [0, 0.1) is 11.3 Å². The number of ether oxygens (including phenoxy) is 1. The molecule has 0 fully saturated rings. The highest BCUT2D eigenvalue weighted by Gasteiger charge is 2.13. The molecule has 5 heteroatoms. The van der Waals surface area contributed by atoms with Gasteiger partial charge in [-0.05, 0) is 24.3 Å². The summed E-state index contributed by atoms with van der Waals surface area (Å²) in [6, 6.07) is 15.1. The number of rotatable bonds is 4. The zero-order valence-corrected chi connectivity index (χ0v) is 11.9. The fraction of sp³-hybridized carbons (Fsp3) is 0.0588. The van der Waals surface area contributed by atoms with Gasteiger partial charge in [-0.15, -0.1) is 0 Å². The van der Waals surface area contributed by atoms with Crippen LogP contribution in [-0.2, 0) is 4.79 Å². The van der Waals surface area contributed by atoms with Gasteiger partial charge in [-0.1, -0.05) is 12.1 Å². The molecule has 3 rings (SSSR count). The van der Waals surface area contributed by atoms with Gasteiger partial charge in [0.05, 0.1) is 23.9 Å². The number of methoxy groups -OCH3 is 1. The molecule has 1 amide bonds. The van der Waals surface area contributed by atoms with Gasteiger partial charge in [0, 0.05) is 22.7 Å². The van der Waals surface area contributed by atoms with Crippen molar-refractivity contribution in [3.8, 4) is 23.1 Å². The van der Waals surface area contributed by atoms with Gasteiger partial charge in [0.1, 0.15) is 11.8 Å². The molecule has 0 aliphatic carbocycles. The predicted octanol–water partition coefficient (Wildman–Crippen LogP) is 3.28. The van der Waals surface area contributed by atoms with E-state index in [2.05, 4.69) is 16.4 Å². The molecule has 22 heavy (non-hydrogen) atoms. The van der Waals surface area contributed by atoms with Crippen LogP contribution in [0.15, 0.2) is 42.5 Å². The van der Waals surface area contributed by atoms with E-state index in [9.17, 15) is 10.1 Å². The Hall–Kier alpha value is -3.26. The summed E-state index contributed by atoms with van der Waals surface area (Å²) in [5.41, 5.74) is 3.63. The number of hydrogen-bond donors (Lipinski definition) is 2. The molecule has 108 valence electrons. The number of fused-ring (bicyclic) bond motifs is 1. The lowest BCUT2D eigenvalue weighted by molar-refractivity contribution is -0.105. The monoisotopic (exact) mass is 291 g/mol. The normalized spacial score (nSPS) is 10.2. The summed E-state index contributed by atoms with van der Waals surface area (Å²) in [6.45, 7) is 0. The van der Waals surface area contributed by atoms with E-state index >= 15 is 0 Å². The lowest BCUT2D eigenvalue weighted by Crippen LogP contribution is -1.93. The third-order valence-corrected chi connectivity index (χ3v) is 3.49. The quantitative estimate of drug-likeness (QED) is 0.724. The molecule has 0 bridgehead atoms. The van der Waals surface area contributed by atoms with Crippen molar-refractivity contribution in [1.29, 1.82) is 5.26 Å². The number of aromatic nitrogens is 1. The summed E-state index contributed by atoms with van der Waals surface area (Å²) in [4.78, 5) is 13.8. The summed E-state index contributed by atoms with van der Waals surface area (Å²) < 4.78 is 5.21. The molecule has 5 nitrogen and oxygen atoms in total. The smallest absolute Gasteiger partial charge is 0.211 e. The average Bonchev–Trinajstić information content (AvgIpc) is 2.93. The van der Waals surface area contributed by atoms with Crippen molar-refractivity contribution in [1.82, 2.24) is 4.98 Å². The fourth-order valence-electron chi connectivity index (χ4n) is 2.47. The Morgan fingerprint density at radius 2 is 2.14 bits per heavy atom.